The Morgan fingerprint density at radius 2 is 1.79 bits per heavy atom. The van der Waals surface area contributed by atoms with E-state index in [-0.39, 0.29) is 5.91 Å². The Morgan fingerprint density at radius 3 is 2.50 bits per heavy atom. The molecule has 24 heavy (non-hydrogen) atoms. The van der Waals surface area contributed by atoms with Gasteiger partial charge in [-0.15, -0.1) is 11.3 Å². The van der Waals surface area contributed by atoms with E-state index in [0.717, 1.165) is 43.4 Å². The Morgan fingerprint density at radius 1 is 1.04 bits per heavy atom. The Bertz CT molecular complexity index is 668. The number of carbonyl (C=O) groups excluding carboxylic acids is 1. The van der Waals surface area contributed by atoms with Crippen molar-refractivity contribution in [2.75, 3.05) is 31.1 Å². The van der Waals surface area contributed by atoms with Gasteiger partial charge < -0.3 is 9.80 Å². The summed E-state index contributed by atoms with van der Waals surface area (Å²) in [6, 6.07) is 5.74. The second-order valence-corrected chi connectivity index (χ2v) is 7.60. The molecule has 0 aromatic carbocycles. The fraction of sp³-hybridized carbons (Fsp3) is 0.500. The van der Waals surface area contributed by atoms with Crippen molar-refractivity contribution in [3.8, 4) is 0 Å². The number of amides is 1. The predicted octanol–water partition coefficient (Wildman–Crippen LogP) is 2.92. The molecule has 2 saturated heterocycles. The zero-order valence-corrected chi connectivity index (χ0v) is 14.5. The Balaban J connectivity index is 1.31. The number of likely N-dealkylation sites (tertiary alicyclic amines) is 1. The van der Waals surface area contributed by atoms with Crippen LogP contribution in [-0.2, 0) is 0 Å². The molecule has 4 heterocycles. The molecule has 2 aromatic rings. The van der Waals surface area contributed by atoms with Gasteiger partial charge in [-0.25, -0.2) is 9.97 Å². The maximum Gasteiger partial charge on any atom is 0.263 e. The van der Waals surface area contributed by atoms with E-state index in [9.17, 15) is 4.79 Å². The lowest BCUT2D eigenvalue weighted by molar-refractivity contribution is 0.0785. The number of aromatic nitrogens is 2. The highest BCUT2D eigenvalue weighted by Crippen LogP contribution is 2.33. The normalized spacial score (nSPS) is 22.1. The Labute approximate surface area is 146 Å². The monoisotopic (exact) mass is 342 g/mol. The van der Waals surface area contributed by atoms with Crippen molar-refractivity contribution < 1.29 is 4.79 Å². The SMILES string of the molecule is O=C(c1cccs1)N1CC[C@@H](C2CCN(c3ncccn3)CC2)C1. The van der Waals surface area contributed by atoms with Crippen molar-refractivity contribution in [1.82, 2.24) is 14.9 Å². The van der Waals surface area contributed by atoms with Crippen molar-refractivity contribution in [1.29, 1.82) is 0 Å². The molecule has 2 aromatic heterocycles. The lowest BCUT2D eigenvalue weighted by Gasteiger charge is -2.34. The molecule has 0 bridgehead atoms. The minimum Gasteiger partial charge on any atom is -0.341 e. The van der Waals surface area contributed by atoms with E-state index in [1.165, 1.54) is 12.8 Å². The van der Waals surface area contributed by atoms with Gasteiger partial charge in [0.2, 0.25) is 5.95 Å². The van der Waals surface area contributed by atoms with Crippen LogP contribution in [0.15, 0.2) is 36.0 Å². The number of anilines is 1. The standard InChI is InChI=1S/C18H22N4OS/c23-17(16-3-1-12-24-16)22-11-6-15(13-22)14-4-9-21(10-5-14)18-19-7-2-8-20-18/h1-3,7-8,12,14-15H,4-6,9-11,13H2/t15-/m1/s1. The van der Waals surface area contributed by atoms with Crippen LogP contribution < -0.4 is 4.90 Å². The number of hydrogen-bond donors (Lipinski definition) is 0. The van der Waals surface area contributed by atoms with Crippen LogP contribution >= 0.6 is 11.3 Å². The third-order valence-electron chi connectivity index (χ3n) is 5.29. The van der Waals surface area contributed by atoms with Gasteiger partial charge in [-0.1, -0.05) is 6.07 Å². The minimum atomic E-state index is 0.211. The van der Waals surface area contributed by atoms with Crippen molar-refractivity contribution in [2.24, 2.45) is 11.8 Å². The number of piperidine rings is 1. The van der Waals surface area contributed by atoms with E-state index in [1.807, 2.05) is 28.5 Å². The van der Waals surface area contributed by atoms with Crippen LogP contribution in [0.2, 0.25) is 0 Å². The highest BCUT2D eigenvalue weighted by Gasteiger charge is 2.34. The molecular weight excluding hydrogens is 320 g/mol. The van der Waals surface area contributed by atoms with E-state index in [4.69, 9.17) is 0 Å². The molecule has 126 valence electrons. The fourth-order valence-corrected chi connectivity index (χ4v) is 4.63. The van der Waals surface area contributed by atoms with Gasteiger partial charge in [0.25, 0.3) is 5.91 Å². The summed E-state index contributed by atoms with van der Waals surface area (Å²) >= 11 is 1.54. The topological polar surface area (TPSA) is 49.3 Å². The first-order valence-corrected chi connectivity index (χ1v) is 9.54. The Hall–Kier alpha value is -1.95. The maximum absolute atomic E-state index is 12.5. The number of carbonyl (C=O) groups is 1. The highest BCUT2D eigenvalue weighted by atomic mass is 32.1. The summed E-state index contributed by atoms with van der Waals surface area (Å²) < 4.78 is 0. The van der Waals surface area contributed by atoms with Crippen LogP contribution in [0.5, 0.6) is 0 Å². The van der Waals surface area contributed by atoms with Crippen molar-refractivity contribution >= 4 is 23.2 Å². The second kappa shape index (κ2) is 6.89. The van der Waals surface area contributed by atoms with Gasteiger partial charge in [0.15, 0.2) is 0 Å². The molecule has 0 spiro atoms. The van der Waals surface area contributed by atoms with Crippen LogP contribution in [0.1, 0.15) is 28.9 Å². The van der Waals surface area contributed by atoms with Gasteiger partial charge in [0, 0.05) is 38.6 Å². The molecule has 0 aliphatic carbocycles. The third kappa shape index (κ3) is 3.15. The molecule has 0 N–H and O–H groups in total. The van der Waals surface area contributed by atoms with Gasteiger partial charge in [-0.2, -0.15) is 0 Å². The number of rotatable bonds is 3. The van der Waals surface area contributed by atoms with Gasteiger partial charge in [0.1, 0.15) is 0 Å². The molecule has 0 unspecified atom stereocenters. The summed E-state index contributed by atoms with van der Waals surface area (Å²) in [6.07, 6.45) is 7.09. The van der Waals surface area contributed by atoms with E-state index in [0.29, 0.717) is 11.8 Å². The van der Waals surface area contributed by atoms with E-state index in [2.05, 4.69) is 14.9 Å². The molecule has 2 aliphatic heterocycles. The molecule has 2 fully saturated rings. The van der Waals surface area contributed by atoms with Gasteiger partial charge in [0.05, 0.1) is 4.88 Å². The predicted molar refractivity (Wildman–Crippen MR) is 95.3 cm³/mol. The van der Waals surface area contributed by atoms with Crippen LogP contribution in [0.25, 0.3) is 0 Å². The Kier molecular flexibility index (Phi) is 4.47. The average Bonchev–Trinajstić information content (AvgIpc) is 3.34. The van der Waals surface area contributed by atoms with E-state index in [1.54, 1.807) is 23.7 Å². The first kappa shape index (κ1) is 15.6. The molecule has 1 amide bonds. The molecule has 2 aliphatic rings. The first-order valence-electron chi connectivity index (χ1n) is 8.66. The van der Waals surface area contributed by atoms with Crippen molar-refractivity contribution in [3.63, 3.8) is 0 Å². The quantitative estimate of drug-likeness (QED) is 0.860. The third-order valence-corrected chi connectivity index (χ3v) is 6.14. The smallest absolute Gasteiger partial charge is 0.263 e. The molecule has 0 saturated carbocycles. The van der Waals surface area contributed by atoms with Crippen LogP contribution in [0, 0.1) is 11.8 Å². The van der Waals surface area contributed by atoms with Gasteiger partial charge in [-0.05, 0) is 48.6 Å². The molecule has 1 atom stereocenters. The lowest BCUT2D eigenvalue weighted by atomic mass is 9.84. The highest BCUT2D eigenvalue weighted by molar-refractivity contribution is 7.12. The molecule has 6 heteroatoms. The molecular formula is C18H22N4OS. The zero-order chi connectivity index (χ0) is 16.4. The summed E-state index contributed by atoms with van der Waals surface area (Å²) in [6.45, 7) is 3.86. The van der Waals surface area contributed by atoms with Gasteiger partial charge in [-0.3, -0.25) is 4.79 Å². The van der Waals surface area contributed by atoms with Gasteiger partial charge >= 0.3 is 0 Å². The molecule has 5 nitrogen and oxygen atoms in total. The number of nitrogens with zero attached hydrogens (tertiary/aromatic N) is 4. The van der Waals surface area contributed by atoms with E-state index >= 15 is 0 Å². The minimum absolute atomic E-state index is 0.211. The largest absolute Gasteiger partial charge is 0.341 e. The number of thiophene rings is 1. The van der Waals surface area contributed by atoms with Crippen molar-refractivity contribution in [3.05, 3.63) is 40.8 Å². The molecule has 0 radical (unpaired) electrons. The lowest BCUT2D eigenvalue weighted by Crippen LogP contribution is -2.38. The fourth-order valence-electron chi connectivity index (χ4n) is 3.94. The maximum atomic E-state index is 12.5. The first-order chi connectivity index (χ1) is 11.8. The summed E-state index contributed by atoms with van der Waals surface area (Å²) in [5, 5.41) is 1.97. The van der Waals surface area contributed by atoms with Crippen LogP contribution in [0.4, 0.5) is 5.95 Å². The second-order valence-electron chi connectivity index (χ2n) is 6.65. The molecule has 4 rings (SSSR count). The summed E-state index contributed by atoms with van der Waals surface area (Å²) in [5.41, 5.74) is 0. The van der Waals surface area contributed by atoms with Crippen molar-refractivity contribution in [2.45, 2.75) is 19.3 Å². The summed E-state index contributed by atoms with van der Waals surface area (Å²) in [4.78, 5) is 26.4. The number of hydrogen-bond acceptors (Lipinski definition) is 5. The zero-order valence-electron chi connectivity index (χ0n) is 13.7. The average molecular weight is 342 g/mol. The van der Waals surface area contributed by atoms with Crippen LogP contribution in [0.3, 0.4) is 0 Å². The van der Waals surface area contributed by atoms with Crippen LogP contribution in [-0.4, -0.2) is 47.0 Å². The summed E-state index contributed by atoms with van der Waals surface area (Å²) in [7, 11) is 0. The van der Waals surface area contributed by atoms with E-state index < -0.39 is 0 Å². The summed E-state index contributed by atoms with van der Waals surface area (Å²) in [5.74, 6) is 2.42.